The zero-order chi connectivity index (χ0) is 25.7. The van der Waals surface area contributed by atoms with Crippen molar-refractivity contribution in [1.29, 1.82) is 0 Å². The summed E-state index contributed by atoms with van der Waals surface area (Å²) in [6.45, 7) is 2.02. The molecule has 10 nitrogen and oxygen atoms in total. The molecule has 0 heterocycles. The van der Waals surface area contributed by atoms with E-state index < -0.39 is 51.8 Å². The highest BCUT2D eigenvalue weighted by molar-refractivity contribution is 7.47. The van der Waals surface area contributed by atoms with Gasteiger partial charge in [0, 0.05) is 12.8 Å². The SMILES string of the molecule is CCCCCCCCCCCC(=O)OC(COC(=O)CCCC)COP(=O)(O)OCC(O)CO. The Bertz CT molecular complexity index is 572. The Hall–Kier alpha value is -1.03. The lowest BCUT2D eigenvalue weighted by molar-refractivity contribution is -0.161. The summed E-state index contributed by atoms with van der Waals surface area (Å²) >= 11 is 0. The van der Waals surface area contributed by atoms with Crippen molar-refractivity contribution >= 4 is 19.8 Å². The number of rotatable bonds is 23. The molecule has 0 saturated carbocycles. The smallest absolute Gasteiger partial charge is 0.462 e. The van der Waals surface area contributed by atoms with Gasteiger partial charge >= 0.3 is 19.8 Å². The molecule has 0 amide bonds. The van der Waals surface area contributed by atoms with Crippen LogP contribution in [-0.2, 0) is 32.7 Å². The molecule has 0 aliphatic carbocycles. The van der Waals surface area contributed by atoms with Gasteiger partial charge in [0.05, 0.1) is 19.8 Å². The molecule has 0 aromatic heterocycles. The van der Waals surface area contributed by atoms with Gasteiger partial charge in [0.1, 0.15) is 12.7 Å². The van der Waals surface area contributed by atoms with E-state index in [0.717, 1.165) is 25.7 Å². The maximum Gasteiger partial charge on any atom is 0.472 e. The van der Waals surface area contributed by atoms with E-state index in [1.54, 1.807) is 0 Å². The van der Waals surface area contributed by atoms with Crippen LogP contribution in [0.1, 0.15) is 97.3 Å². The van der Waals surface area contributed by atoms with Gasteiger partial charge < -0.3 is 24.6 Å². The predicted octanol–water partition coefficient (Wildman–Crippen LogP) is 4.04. The number of aliphatic hydroxyl groups is 2. The lowest BCUT2D eigenvalue weighted by Crippen LogP contribution is -2.29. The number of unbranched alkanes of at least 4 members (excludes halogenated alkanes) is 9. The van der Waals surface area contributed by atoms with Crippen LogP contribution in [-0.4, -0.2) is 65.7 Å². The molecule has 0 aliphatic rings. The molecule has 0 saturated heterocycles. The van der Waals surface area contributed by atoms with Gasteiger partial charge in [-0.15, -0.1) is 0 Å². The molecule has 0 fully saturated rings. The van der Waals surface area contributed by atoms with Gasteiger partial charge in [0.25, 0.3) is 0 Å². The molecule has 0 spiro atoms. The second-order valence-electron chi connectivity index (χ2n) is 8.37. The van der Waals surface area contributed by atoms with Crippen molar-refractivity contribution in [3.05, 3.63) is 0 Å². The second-order valence-corrected chi connectivity index (χ2v) is 9.83. The van der Waals surface area contributed by atoms with Gasteiger partial charge in [-0.25, -0.2) is 4.57 Å². The molecular weight excluding hydrogens is 467 g/mol. The summed E-state index contributed by atoms with van der Waals surface area (Å²) in [5.41, 5.74) is 0. The molecule has 3 atom stereocenters. The van der Waals surface area contributed by atoms with Crippen molar-refractivity contribution in [3.8, 4) is 0 Å². The van der Waals surface area contributed by atoms with Crippen molar-refractivity contribution in [1.82, 2.24) is 0 Å². The normalized spacial score (nSPS) is 14.9. The zero-order valence-electron chi connectivity index (χ0n) is 20.8. The second kappa shape index (κ2) is 21.3. The summed E-state index contributed by atoms with van der Waals surface area (Å²) in [5, 5.41) is 18.0. The van der Waals surface area contributed by atoms with Gasteiger partial charge in [0.2, 0.25) is 0 Å². The van der Waals surface area contributed by atoms with Crippen LogP contribution in [0.25, 0.3) is 0 Å². The van der Waals surface area contributed by atoms with Crippen LogP contribution in [0.3, 0.4) is 0 Å². The lowest BCUT2D eigenvalue weighted by atomic mass is 10.1. The fourth-order valence-corrected chi connectivity index (χ4v) is 3.76. The van der Waals surface area contributed by atoms with E-state index in [-0.39, 0.29) is 19.4 Å². The maximum absolute atomic E-state index is 12.2. The van der Waals surface area contributed by atoms with E-state index in [1.165, 1.54) is 32.1 Å². The van der Waals surface area contributed by atoms with Crippen molar-refractivity contribution in [3.63, 3.8) is 0 Å². The maximum atomic E-state index is 12.2. The fourth-order valence-electron chi connectivity index (χ4n) is 2.97. The highest BCUT2D eigenvalue weighted by atomic mass is 31.2. The number of hydrogen-bond donors (Lipinski definition) is 3. The Morgan fingerprint density at radius 2 is 1.29 bits per heavy atom. The van der Waals surface area contributed by atoms with E-state index >= 15 is 0 Å². The van der Waals surface area contributed by atoms with Crippen LogP contribution < -0.4 is 0 Å². The minimum absolute atomic E-state index is 0.187. The van der Waals surface area contributed by atoms with Crippen LogP contribution in [0.5, 0.6) is 0 Å². The van der Waals surface area contributed by atoms with E-state index in [1.807, 2.05) is 6.92 Å². The summed E-state index contributed by atoms with van der Waals surface area (Å²) in [4.78, 5) is 33.7. The molecule has 3 unspecified atom stereocenters. The third kappa shape index (κ3) is 20.4. The van der Waals surface area contributed by atoms with Crippen molar-refractivity contribution < 1.29 is 47.8 Å². The molecule has 0 rings (SSSR count). The molecule has 0 aromatic carbocycles. The lowest BCUT2D eigenvalue weighted by Gasteiger charge is -2.20. The number of esters is 2. The Balaban J connectivity index is 4.45. The Labute approximate surface area is 203 Å². The van der Waals surface area contributed by atoms with Crippen LogP contribution in [0.2, 0.25) is 0 Å². The highest BCUT2D eigenvalue weighted by Gasteiger charge is 2.27. The summed E-state index contributed by atoms with van der Waals surface area (Å²) in [6, 6.07) is 0. The van der Waals surface area contributed by atoms with Crippen molar-refractivity contribution in [2.24, 2.45) is 0 Å². The van der Waals surface area contributed by atoms with Crippen molar-refractivity contribution in [2.75, 3.05) is 26.4 Å². The molecular formula is C23H45O10P. The first-order valence-corrected chi connectivity index (χ1v) is 14.0. The number of carbonyl (C=O) groups is 2. The summed E-state index contributed by atoms with van der Waals surface area (Å²) < 4.78 is 31.7. The van der Waals surface area contributed by atoms with Crippen LogP contribution >= 0.6 is 7.82 Å². The van der Waals surface area contributed by atoms with Gasteiger partial charge in [0.15, 0.2) is 6.10 Å². The highest BCUT2D eigenvalue weighted by Crippen LogP contribution is 2.43. The molecule has 0 aromatic rings. The first kappa shape index (κ1) is 33.0. The minimum atomic E-state index is -4.57. The zero-order valence-corrected chi connectivity index (χ0v) is 21.7. The van der Waals surface area contributed by atoms with Crippen LogP contribution in [0.15, 0.2) is 0 Å². The molecule has 202 valence electrons. The summed E-state index contributed by atoms with van der Waals surface area (Å²) in [6.07, 6.45) is 9.42. The van der Waals surface area contributed by atoms with Gasteiger partial charge in [-0.1, -0.05) is 71.6 Å². The van der Waals surface area contributed by atoms with Crippen LogP contribution in [0.4, 0.5) is 0 Å². The molecule has 0 radical (unpaired) electrons. The first-order chi connectivity index (χ1) is 16.2. The largest absolute Gasteiger partial charge is 0.472 e. The minimum Gasteiger partial charge on any atom is -0.462 e. The quantitative estimate of drug-likeness (QED) is 0.104. The Morgan fingerprint density at radius 1 is 0.765 bits per heavy atom. The molecule has 3 N–H and O–H groups in total. The van der Waals surface area contributed by atoms with E-state index in [0.29, 0.717) is 12.8 Å². The van der Waals surface area contributed by atoms with E-state index in [9.17, 15) is 24.2 Å². The number of aliphatic hydroxyl groups excluding tert-OH is 2. The Kier molecular flexibility index (Phi) is 20.6. The topological polar surface area (TPSA) is 149 Å². The molecule has 34 heavy (non-hydrogen) atoms. The average Bonchev–Trinajstić information content (AvgIpc) is 2.81. The van der Waals surface area contributed by atoms with Gasteiger partial charge in [-0.05, 0) is 12.8 Å². The molecule has 0 aliphatic heterocycles. The van der Waals surface area contributed by atoms with E-state index in [4.69, 9.17) is 19.1 Å². The number of hydrogen-bond acceptors (Lipinski definition) is 9. The van der Waals surface area contributed by atoms with E-state index in [2.05, 4.69) is 11.4 Å². The summed E-state index contributed by atoms with van der Waals surface area (Å²) in [5.74, 6) is -0.970. The van der Waals surface area contributed by atoms with Crippen molar-refractivity contribution in [2.45, 2.75) is 110 Å². The van der Waals surface area contributed by atoms with Crippen LogP contribution in [0, 0.1) is 0 Å². The first-order valence-electron chi connectivity index (χ1n) is 12.5. The van der Waals surface area contributed by atoms with Gasteiger partial charge in [-0.2, -0.15) is 0 Å². The summed E-state index contributed by atoms with van der Waals surface area (Å²) in [7, 11) is -4.57. The predicted molar refractivity (Wildman–Crippen MR) is 127 cm³/mol. The standard InChI is InChI=1S/C23H45O10P/c1-3-5-7-8-9-10-11-12-13-15-23(27)33-21(18-30-22(26)14-6-4-2)19-32-34(28,29)31-17-20(25)16-24/h20-21,24-25H,3-19H2,1-2H3,(H,28,29). The number of ether oxygens (including phenoxy) is 2. The third-order valence-corrected chi connectivity index (χ3v) is 5.96. The molecule has 0 bridgehead atoms. The number of phosphoric ester groups is 1. The third-order valence-electron chi connectivity index (χ3n) is 5.01. The average molecular weight is 513 g/mol. The monoisotopic (exact) mass is 512 g/mol. The number of phosphoric acid groups is 1. The Morgan fingerprint density at radius 3 is 1.88 bits per heavy atom. The fraction of sp³-hybridized carbons (Fsp3) is 0.913. The van der Waals surface area contributed by atoms with Gasteiger partial charge in [-0.3, -0.25) is 18.6 Å². The molecule has 11 heteroatoms. The number of carbonyl (C=O) groups excluding carboxylic acids is 2.